The largest absolute Gasteiger partial charge is 0.450 e. The number of carbonyl (C=O) groups excluding carboxylic acids is 3. The molecule has 1 aliphatic heterocycles. The van der Waals surface area contributed by atoms with Crippen LogP contribution in [-0.2, 0) is 14.3 Å². The van der Waals surface area contributed by atoms with E-state index in [-0.39, 0.29) is 12.1 Å². The molecule has 8 heteroatoms. The van der Waals surface area contributed by atoms with E-state index in [1.807, 2.05) is 0 Å². The summed E-state index contributed by atoms with van der Waals surface area (Å²) in [7, 11) is 0. The van der Waals surface area contributed by atoms with Gasteiger partial charge in [-0.1, -0.05) is 0 Å². The molecule has 7 nitrogen and oxygen atoms in total. The maximum absolute atomic E-state index is 12.8. The first kappa shape index (κ1) is 17.7. The molecule has 0 bridgehead atoms. The highest BCUT2D eigenvalue weighted by molar-refractivity contribution is 6.39. The van der Waals surface area contributed by atoms with E-state index < -0.39 is 17.6 Å². The van der Waals surface area contributed by atoms with E-state index in [2.05, 4.69) is 10.6 Å². The molecule has 1 aromatic rings. The van der Waals surface area contributed by atoms with Crippen molar-refractivity contribution >= 4 is 23.6 Å². The Balaban J connectivity index is 1.77. The molecule has 3 amide bonds. The SMILES string of the molecule is CCOC(=O)N1CCC(NC(=O)C(=O)Nc2ccc(F)cc2)CC1. The van der Waals surface area contributed by atoms with Crippen LogP contribution in [0.5, 0.6) is 0 Å². The fourth-order valence-corrected chi connectivity index (χ4v) is 2.39. The molecule has 0 aromatic heterocycles. The molecule has 0 unspecified atom stereocenters. The van der Waals surface area contributed by atoms with Crippen molar-refractivity contribution < 1.29 is 23.5 Å². The van der Waals surface area contributed by atoms with Crippen LogP contribution in [0.3, 0.4) is 0 Å². The summed E-state index contributed by atoms with van der Waals surface area (Å²) in [5.74, 6) is -1.99. The van der Waals surface area contributed by atoms with Crippen molar-refractivity contribution in [1.29, 1.82) is 0 Å². The van der Waals surface area contributed by atoms with Crippen LogP contribution in [0.2, 0.25) is 0 Å². The topological polar surface area (TPSA) is 87.7 Å². The third-order valence-corrected chi connectivity index (χ3v) is 3.66. The number of piperidine rings is 1. The van der Waals surface area contributed by atoms with Gasteiger partial charge in [-0.05, 0) is 44.0 Å². The lowest BCUT2D eigenvalue weighted by molar-refractivity contribution is -0.136. The zero-order chi connectivity index (χ0) is 17.5. The summed E-state index contributed by atoms with van der Waals surface area (Å²) in [5.41, 5.74) is 0.341. The summed E-state index contributed by atoms with van der Waals surface area (Å²) in [4.78, 5) is 36.9. The number of hydrogen-bond donors (Lipinski definition) is 2. The van der Waals surface area contributed by atoms with Gasteiger partial charge in [-0.15, -0.1) is 0 Å². The maximum atomic E-state index is 12.8. The van der Waals surface area contributed by atoms with Crippen LogP contribution in [0.25, 0.3) is 0 Å². The van der Waals surface area contributed by atoms with Gasteiger partial charge in [-0.3, -0.25) is 9.59 Å². The molecular formula is C16H20FN3O4. The molecule has 1 saturated heterocycles. The normalized spacial score (nSPS) is 14.8. The zero-order valence-corrected chi connectivity index (χ0v) is 13.4. The molecule has 1 fully saturated rings. The van der Waals surface area contributed by atoms with E-state index in [4.69, 9.17) is 4.74 Å². The number of nitrogens with one attached hydrogen (secondary N) is 2. The number of nitrogens with zero attached hydrogens (tertiary/aromatic N) is 1. The Morgan fingerprint density at radius 1 is 1.17 bits per heavy atom. The summed E-state index contributed by atoms with van der Waals surface area (Å²) in [6.45, 7) is 2.98. The molecule has 24 heavy (non-hydrogen) atoms. The molecule has 2 N–H and O–H groups in total. The van der Waals surface area contributed by atoms with Gasteiger partial charge < -0.3 is 20.3 Å². The first-order valence-corrected chi connectivity index (χ1v) is 7.78. The Morgan fingerprint density at radius 2 is 1.79 bits per heavy atom. The minimum absolute atomic E-state index is 0.179. The van der Waals surface area contributed by atoms with E-state index in [0.29, 0.717) is 38.2 Å². The summed E-state index contributed by atoms with van der Waals surface area (Å²) >= 11 is 0. The summed E-state index contributed by atoms with van der Waals surface area (Å²) in [5, 5.41) is 5.04. The number of amides is 3. The van der Waals surface area contributed by atoms with Crippen molar-refractivity contribution in [3.8, 4) is 0 Å². The Bertz CT molecular complexity index is 598. The maximum Gasteiger partial charge on any atom is 0.409 e. The summed E-state index contributed by atoms with van der Waals surface area (Å²) in [6, 6.07) is 4.95. The van der Waals surface area contributed by atoms with Crippen LogP contribution in [0, 0.1) is 5.82 Å². The van der Waals surface area contributed by atoms with E-state index in [0.717, 1.165) is 0 Å². The lowest BCUT2D eigenvalue weighted by Gasteiger charge is -2.31. The molecule has 0 radical (unpaired) electrons. The van der Waals surface area contributed by atoms with E-state index in [1.165, 1.54) is 24.3 Å². The second-order valence-electron chi connectivity index (χ2n) is 5.39. The van der Waals surface area contributed by atoms with Gasteiger partial charge in [0.2, 0.25) is 0 Å². The third-order valence-electron chi connectivity index (χ3n) is 3.66. The molecule has 0 aliphatic carbocycles. The van der Waals surface area contributed by atoms with E-state index >= 15 is 0 Å². The second kappa shape index (κ2) is 8.28. The Morgan fingerprint density at radius 3 is 2.38 bits per heavy atom. The Kier molecular flexibility index (Phi) is 6.11. The van der Waals surface area contributed by atoms with Gasteiger partial charge in [-0.25, -0.2) is 9.18 Å². The minimum atomic E-state index is -0.811. The Hall–Kier alpha value is -2.64. The molecule has 0 spiro atoms. The summed E-state index contributed by atoms with van der Waals surface area (Å²) in [6.07, 6.45) is 0.735. The number of rotatable bonds is 3. The molecule has 1 aromatic carbocycles. The van der Waals surface area contributed by atoms with Crippen molar-refractivity contribution in [3.05, 3.63) is 30.1 Å². The monoisotopic (exact) mass is 337 g/mol. The number of anilines is 1. The fraction of sp³-hybridized carbons (Fsp3) is 0.438. The molecular weight excluding hydrogens is 317 g/mol. The van der Waals surface area contributed by atoms with Crippen molar-refractivity contribution in [2.75, 3.05) is 25.0 Å². The number of halogens is 1. The highest BCUT2D eigenvalue weighted by Crippen LogP contribution is 2.12. The lowest BCUT2D eigenvalue weighted by Crippen LogP contribution is -2.49. The van der Waals surface area contributed by atoms with Crippen molar-refractivity contribution in [2.45, 2.75) is 25.8 Å². The van der Waals surface area contributed by atoms with Gasteiger partial charge >= 0.3 is 17.9 Å². The average Bonchev–Trinajstić information content (AvgIpc) is 2.57. The molecule has 130 valence electrons. The van der Waals surface area contributed by atoms with Crippen molar-refractivity contribution in [1.82, 2.24) is 10.2 Å². The van der Waals surface area contributed by atoms with Gasteiger partial charge in [0, 0.05) is 24.8 Å². The lowest BCUT2D eigenvalue weighted by atomic mass is 10.1. The molecule has 2 rings (SSSR count). The van der Waals surface area contributed by atoms with Crippen LogP contribution in [0.15, 0.2) is 24.3 Å². The molecule has 0 atom stereocenters. The molecule has 1 heterocycles. The quantitative estimate of drug-likeness (QED) is 0.818. The number of likely N-dealkylation sites (tertiary alicyclic amines) is 1. The predicted octanol–water partition coefficient (Wildman–Crippen LogP) is 1.50. The highest BCUT2D eigenvalue weighted by atomic mass is 19.1. The number of hydrogen-bond acceptors (Lipinski definition) is 4. The van der Waals surface area contributed by atoms with Crippen LogP contribution < -0.4 is 10.6 Å². The number of benzene rings is 1. The van der Waals surface area contributed by atoms with Gasteiger partial charge in [0.1, 0.15) is 5.82 Å². The summed E-state index contributed by atoms with van der Waals surface area (Å²) < 4.78 is 17.7. The van der Waals surface area contributed by atoms with E-state index in [1.54, 1.807) is 11.8 Å². The third kappa shape index (κ3) is 4.94. The number of ether oxygens (including phenoxy) is 1. The van der Waals surface area contributed by atoms with Gasteiger partial charge in [0.15, 0.2) is 0 Å². The zero-order valence-electron chi connectivity index (χ0n) is 13.4. The van der Waals surface area contributed by atoms with Crippen LogP contribution in [0.1, 0.15) is 19.8 Å². The smallest absolute Gasteiger partial charge is 0.409 e. The fourth-order valence-electron chi connectivity index (χ4n) is 2.39. The van der Waals surface area contributed by atoms with Crippen molar-refractivity contribution in [2.24, 2.45) is 0 Å². The first-order valence-electron chi connectivity index (χ1n) is 7.78. The van der Waals surface area contributed by atoms with Crippen LogP contribution in [-0.4, -0.2) is 48.5 Å². The predicted molar refractivity (Wildman–Crippen MR) is 84.8 cm³/mol. The second-order valence-corrected chi connectivity index (χ2v) is 5.39. The van der Waals surface area contributed by atoms with Gasteiger partial charge in [0.25, 0.3) is 0 Å². The molecule has 1 aliphatic rings. The van der Waals surface area contributed by atoms with Crippen LogP contribution in [0.4, 0.5) is 14.9 Å². The standard InChI is InChI=1S/C16H20FN3O4/c1-2-24-16(23)20-9-7-13(8-10-20)19-15(22)14(21)18-12-5-3-11(17)4-6-12/h3-6,13H,2,7-10H2,1H3,(H,18,21)(H,19,22). The van der Waals surface area contributed by atoms with E-state index in [9.17, 15) is 18.8 Å². The highest BCUT2D eigenvalue weighted by Gasteiger charge is 2.26. The number of carbonyl (C=O) groups is 3. The van der Waals surface area contributed by atoms with Gasteiger partial charge in [-0.2, -0.15) is 0 Å². The average molecular weight is 337 g/mol. The first-order chi connectivity index (χ1) is 11.5. The van der Waals surface area contributed by atoms with Gasteiger partial charge in [0.05, 0.1) is 6.61 Å². The van der Waals surface area contributed by atoms with Crippen LogP contribution >= 0.6 is 0 Å². The Labute approximate surface area is 139 Å². The minimum Gasteiger partial charge on any atom is -0.450 e. The van der Waals surface area contributed by atoms with Crippen molar-refractivity contribution in [3.63, 3.8) is 0 Å². The molecule has 0 saturated carbocycles.